The third-order valence-electron chi connectivity index (χ3n) is 3.04. The molecule has 0 spiro atoms. The monoisotopic (exact) mass is 288 g/mol. The zero-order valence-corrected chi connectivity index (χ0v) is 12.5. The van der Waals surface area contributed by atoms with Crippen LogP contribution >= 0.6 is 0 Å². The topological polar surface area (TPSA) is 80.0 Å². The summed E-state index contributed by atoms with van der Waals surface area (Å²) in [5.41, 5.74) is 1.38. The average Bonchev–Trinajstić information content (AvgIpc) is 2.95. The summed E-state index contributed by atoms with van der Waals surface area (Å²) in [6, 6.07) is 5.55. The molecule has 0 saturated heterocycles. The van der Waals surface area contributed by atoms with Crippen molar-refractivity contribution in [3.05, 3.63) is 41.4 Å². The first kappa shape index (κ1) is 15.0. The Morgan fingerprint density at radius 3 is 2.86 bits per heavy atom. The molecule has 6 heteroatoms. The molecule has 2 N–H and O–H groups in total. The first-order valence-corrected chi connectivity index (χ1v) is 6.98. The van der Waals surface area contributed by atoms with Gasteiger partial charge in [0.15, 0.2) is 5.69 Å². The van der Waals surface area contributed by atoms with E-state index >= 15 is 0 Å². The molecule has 112 valence electrons. The van der Waals surface area contributed by atoms with Gasteiger partial charge in [0, 0.05) is 31.3 Å². The maximum atomic E-state index is 11.9. The lowest BCUT2D eigenvalue weighted by molar-refractivity contribution is 0.0946. The van der Waals surface area contributed by atoms with Crippen LogP contribution in [-0.4, -0.2) is 29.1 Å². The fraction of sp³-hybridized carbons (Fsp3) is 0.400. The summed E-state index contributed by atoms with van der Waals surface area (Å²) >= 11 is 0. The Kier molecular flexibility index (Phi) is 4.92. The fourth-order valence-electron chi connectivity index (χ4n) is 1.79. The van der Waals surface area contributed by atoms with Crippen LogP contribution in [0, 0.1) is 6.92 Å². The highest BCUT2D eigenvalue weighted by Gasteiger charge is 2.13. The minimum Gasteiger partial charge on any atom is -0.368 e. The number of aryl methyl sites for hydroxylation is 1. The molecular weight excluding hydrogens is 268 g/mol. The van der Waals surface area contributed by atoms with Gasteiger partial charge in [-0.15, -0.1) is 0 Å². The Labute approximate surface area is 123 Å². The number of anilines is 1. The lowest BCUT2D eigenvalue weighted by Crippen LogP contribution is -2.29. The molecular formula is C15H20N4O2. The van der Waals surface area contributed by atoms with E-state index in [2.05, 4.69) is 20.8 Å². The molecule has 2 rings (SSSR count). The minimum absolute atomic E-state index is 0.216. The van der Waals surface area contributed by atoms with Gasteiger partial charge in [-0.1, -0.05) is 25.1 Å². The van der Waals surface area contributed by atoms with Crippen LogP contribution in [0.15, 0.2) is 28.9 Å². The number of carbonyl (C=O) groups excluding carboxylic acids is 1. The molecule has 0 aromatic carbocycles. The lowest BCUT2D eigenvalue weighted by Gasteiger charge is -2.08. The standard InChI is InChI=1S/C15H20N4O2/c1-10(2)13-9-12(19-21-13)15(20)18-8-7-17-14-11(3)5-4-6-16-14/h4-6,9-10H,7-8H2,1-3H3,(H,16,17)(H,18,20). The highest BCUT2D eigenvalue weighted by molar-refractivity contribution is 5.92. The Hall–Kier alpha value is -2.37. The molecule has 0 atom stereocenters. The summed E-state index contributed by atoms with van der Waals surface area (Å²) in [5.74, 6) is 1.52. The number of carbonyl (C=O) groups is 1. The molecule has 0 radical (unpaired) electrons. The van der Waals surface area contributed by atoms with Crippen LogP contribution in [0.1, 0.15) is 41.6 Å². The second-order valence-corrected chi connectivity index (χ2v) is 5.12. The molecule has 0 aliphatic rings. The van der Waals surface area contributed by atoms with E-state index in [1.54, 1.807) is 12.3 Å². The number of rotatable bonds is 6. The summed E-state index contributed by atoms with van der Waals surface area (Å²) < 4.78 is 5.10. The van der Waals surface area contributed by atoms with Crippen LogP contribution in [0.25, 0.3) is 0 Å². The molecule has 0 fully saturated rings. The van der Waals surface area contributed by atoms with E-state index < -0.39 is 0 Å². The van der Waals surface area contributed by atoms with Crippen LogP contribution in [0.5, 0.6) is 0 Å². The molecule has 0 aliphatic carbocycles. The number of pyridine rings is 1. The van der Waals surface area contributed by atoms with Gasteiger partial charge in [-0.25, -0.2) is 4.98 Å². The van der Waals surface area contributed by atoms with E-state index in [4.69, 9.17) is 4.52 Å². The highest BCUT2D eigenvalue weighted by atomic mass is 16.5. The normalized spacial score (nSPS) is 10.7. The van der Waals surface area contributed by atoms with Crippen molar-refractivity contribution < 1.29 is 9.32 Å². The van der Waals surface area contributed by atoms with E-state index in [0.717, 1.165) is 11.4 Å². The molecule has 2 aromatic heterocycles. The molecule has 1 amide bonds. The van der Waals surface area contributed by atoms with Gasteiger partial charge in [0.25, 0.3) is 5.91 Å². The first-order valence-electron chi connectivity index (χ1n) is 6.98. The van der Waals surface area contributed by atoms with Crippen LogP contribution in [-0.2, 0) is 0 Å². The Morgan fingerprint density at radius 1 is 1.38 bits per heavy atom. The van der Waals surface area contributed by atoms with Gasteiger partial charge >= 0.3 is 0 Å². The van der Waals surface area contributed by atoms with Gasteiger partial charge in [-0.3, -0.25) is 4.79 Å². The third-order valence-corrected chi connectivity index (χ3v) is 3.04. The predicted molar refractivity (Wildman–Crippen MR) is 80.4 cm³/mol. The van der Waals surface area contributed by atoms with Gasteiger partial charge in [0.2, 0.25) is 0 Å². The number of amides is 1. The third kappa shape index (κ3) is 4.05. The summed E-state index contributed by atoms with van der Waals surface area (Å²) in [6.07, 6.45) is 1.73. The molecule has 0 bridgehead atoms. The zero-order valence-electron chi connectivity index (χ0n) is 12.5. The number of hydrogen-bond acceptors (Lipinski definition) is 5. The molecule has 0 aliphatic heterocycles. The number of nitrogens with zero attached hydrogens (tertiary/aromatic N) is 2. The van der Waals surface area contributed by atoms with Crippen molar-refractivity contribution in [2.24, 2.45) is 0 Å². The second-order valence-electron chi connectivity index (χ2n) is 5.12. The Morgan fingerprint density at radius 2 is 2.19 bits per heavy atom. The summed E-state index contributed by atoms with van der Waals surface area (Å²) in [7, 11) is 0. The highest BCUT2D eigenvalue weighted by Crippen LogP contribution is 2.14. The average molecular weight is 288 g/mol. The van der Waals surface area contributed by atoms with E-state index in [0.29, 0.717) is 24.5 Å². The SMILES string of the molecule is Cc1cccnc1NCCNC(=O)c1cc(C(C)C)on1. The van der Waals surface area contributed by atoms with Gasteiger partial charge < -0.3 is 15.2 Å². The van der Waals surface area contributed by atoms with Crippen LogP contribution in [0.3, 0.4) is 0 Å². The number of aromatic nitrogens is 2. The molecule has 6 nitrogen and oxygen atoms in total. The Bertz CT molecular complexity index is 607. The molecule has 21 heavy (non-hydrogen) atoms. The van der Waals surface area contributed by atoms with Crippen molar-refractivity contribution in [2.45, 2.75) is 26.7 Å². The molecule has 2 heterocycles. The smallest absolute Gasteiger partial charge is 0.273 e. The van der Waals surface area contributed by atoms with E-state index in [1.807, 2.05) is 32.9 Å². The quantitative estimate of drug-likeness (QED) is 0.797. The number of nitrogens with one attached hydrogen (secondary N) is 2. The van der Waals surface area contributed by atoms with Crippen molar-refractivity contribution in [3.8, 4) is 0 Å². The van der Waals surface area contributed by atoms with Crippen molar-refractivity contribution in [2.75, 3.05) is 18.4 Å². The van der Waals surface area contributed by atoms with Crippen molar-refractivity contribution in [1.29, 1.82) is 0 Å². The molecule has 0 unspecified atom stereocenters. The van der Waals surface area contributed by atoms with Gasteiger partial charge in [0.1, 0.15) is 11.6 Å². The van der Waals surface area contributed by atoms with Crippen molar-refractivity contribution in [1.82, 2.24) is 15.5 Å². The van der Waals surface area contributed by atoms with Crippen molar-refractivity contribution >= 4 is 11.7 Å². The van der Waals surface area contributed by atoms with Crippen molar-refractivity contribution in [3.63, 3.8) is 0 Å². The minimum atomic E-state index is -0.231. The fourth-order valence-corrected chi connectivity index (χ4v) is 1.79. The second kappa shape index (κ2) is 6.88. The van der Waals surface area contributed by atoms with Crippen LogP contribution < -0.4 is 10.6 Å². The van der Waals surface area contributed by atoms with E-state index in [-0.39, 0.29) is 11.8 Å². The summed E-state index contributed by atoms with van der Waals surface area (Å²) in [5, 5.41) is 9.73. The summed E-state index contributed by atoms with van der Waals surface area (Å²) in [4.78, 5) is 16.1. The number of hydrogen-bond donors (Lipinski definition) is 2. The summed E-state index contributed by atoms with van der Waals surface area (Å²) in [6.45, 7) is 7.04. The lowest BCUT2D eigenvalue weighted by atomic mass is 10.1. The van der Waals surface area contributed by atoms with Gasteiger partial charge in [-0.05, 0) is 18.6 Å². The molecule has 0 saturated carbocycles. The molecule has 2 aromatic rings. The van der Waals surface area contributed by atoms with Gasteiger partial charge in [0.05, 0.1) is 0 Å². The van der Waals surface area contributed by atoms with Crippen LogP contribution in [0.2, 0.25) is 0 Å². The largest absolute Gasteiger partial charge is 0.368 e. The van der Waals surface area contributed by atoms with E-state index in [1.165, 1.54) is 0 Å². The van der Waals surface area contributed by atoms with Crippen LogP contribution in [0.4, 0.5) is 5.82 Å². The predicted octanol–water partition coefficient (Wildman–Crippen LogP) is 2.34. The van der Waals surface area contributed by atoms with Gasteiger partial charge in [-0.2, -0.15) is 0 Å². The zero-order chi connectivity index (χ0) is 15.2. The maximum Gasteiger partial charge on any atom is 0.273 e. The Balaban J connectivity index is 1.78. The maximum absolute atomic E-state index is 11.9. The first-order chi connectivity index (χ1) is 10.1. The van der Waals surface area contributed by atoms with E-state index in [9.17, 15) is 4.79 Å².